The third-order valence-electron chi connectivity index (χ3n) is 5.17. The summed E-state index contributed by atoms with van der Waals surface area (Å²) in [5.41, 5.74) is 0.991. The minimum Gasteiger partial charge on any atom is -0.455 e. The fourth-order valence-corrected chi connectivity index (χ4v) is 3.81. The van der Waals surface area contributed by atoms with Gasteiger partial charge in [-0.2, -0.15) is 0 Å². The predicted octanol–water partition coefficient (Wildman–Crippen LogP) is 5.13. The van der Waals surface area contributed by atoms with Crippen molar-refractivity contribution < 1.29 is 19.1 Å². The molecule has 7 nitrogen and oxygen atoms in total. The Labute approximate surface area is 187 Å². The minimum absolute atomic E-state index is 0.146. The molecule has 0 unspecified atom stereocenters. The van der Waals surface area contributed by atoms with Gasteiger partial charge in [-0.25, -0.2) is 9.59 Å². The van der Waals surface area contributed by atoms with Crippen LogP contribution in [0.2, 0.25) is 5.02 Å². The molecule has 0 aliphatic carbocycles. The Kier molecular flexibility index (Phi) is 5.71. The molecule has 1 saturated heterocycles. The molecular formula is C23H26ClN3O4. The molecule has 0 radical (unpaired) electrons. The smallest absolute Gasteiger partial charge is 0.410 e. The van der Waals surface area contributed by atoms with E-state index < -0.39 is 5.60 Å². The Morgan fingerprint density at radius 2 is 1.65 bits per heavy atom. The maximum atomic E-state index is 13.5. The highest BCUT2D eigenvalue weighted by atomic mass is 35.5. The Bertz CT molecular complexity index is 997. The van der Waals surface area contributed by atoms with Crippen LogP contribution < -0.4 is 9.64 Å². The molecule has 1 fully saturated rings. The Morgan fingerprint density at radius 3 is 2.35 bits per heavy atom. The molecule has 31 heavy (non-hydrogen) atoms. The highest BCUT2D eigenvalue weighted by molar-refractivity contribution is 6.31. The average Bonchev–Trinajstić information content (AvgIpc) is 2.88. The van der Waals surface area contributed by atoms with Crippen molar-refractivity contribution in [1.29, 1.82) is 0 Å². The molecule has 4 rings (SSSR count). The van der Waals surface area contributed by atoms with Crippen molar-refractivity contribution in [3.63, 3.8) is 0 Å². The maximum absolute atomic E-state index is 13.5. The molecule has 2 aromatic rings. The number of benzene rings is 2. The molecular weight excluding hydrogens is 418 g/mol. The van der Waals surface area contributed by atoms with E-state index in [1.165, 1.54) is 0 Å². The molecule has 2 heterocycles. The molecule has 3 amide bonds. The number of carbonyl (C=O) groups excluding carboxylic acids is 2. The van der Waals surface area contributed by atoms with E-state index >= 15 is 0 Å². The lowest BCUT2D eigenvalue weighted by Crippen LogP contribution is -2.54. The van der Waals surface area contributed by atoms with Crippen LogP contribution in [0.4, 0.5) is 15.3 Å². The summed E-state index contributed by atoms with van der Waals surface area (Å²) in [6.45, 7) is 7.58. The summed E-state index contributed by atoms with van der Waals surface area (Å²) in [4.78, 5) is 30.9. The van der Waals surface area contributed by atoms with E-state index in [1.54, 1.807) is 32.9 Å². The summed E-state index contributed by atoms with van der Waals surface area (Å²) in [7, 11) is 0. The number of fused-ring (bicyclic) bond motifs is 2. The number of nitrogens with zero attached hydrogens (tertiary/aromatic N) is 3. The van der Waals surface area contributed by atoms with Crippen LogP contribution in [0.3, 0.4) is 0 Å². The summed E-state index contributed by atoms with van der Waals surface area (Å²) < 4.78 is 11.5. The van der Waals surface area contributed by atoms with Crippen molar-refractivity contribution in [2.45, 2.75) is 32.9 Å². The first-order chi connectivity index (χ1) is 14.7. The van der Waals surface area contributed by atoms with Gasteiger partial charge in [-0.3, -0.25) is 4.90 Å². The number of amides is 3. The van der Waals surface area contributed by atoms with Gasteiger partial charge in [0.15, 0.2) is 5.75 Å². The third kappa shape index (κ3) is 4.71. The van der Waals surface area contributed by atoms with Crippen LogP contribution in [0.1, 0.15) is 26.3 Å². The van der Waals surface area contributed by atoms with Gasteiger partial charge in [0.2, 0.25) is 0 Å². The van der Waals surface area contributed by atoms with Crippen LogP contribution >= 0.6 is 11.6 Å². The van der Waals surface area contributed by atoms with Crippen molar-refractivity contribution in [2.24, 2.45) is 0 Å². The van der Waals surface area contributed by atoms with Gasteiger partial charge in [0.05, 0.1) is 12.2 Å². The zero-order valence-electron chi connectivity index (χ0n) is 17.9. The molecule has 0 atom stereocenters. The van der Waals surface area contributed by atoms with Crippen LogP contribution in [-0.2, 0) is 11.3 Å². The van der Waals surface area contributed by atoms with Crippen LogP contribution in [0.5, 0.6) is 11.5 Å². The lowest BCUT2D eigenvalue weighted by Gasteiger charge is -2.37. The number of rotatable bonds is 0. The molecule has 0 N–H and O–H groups in total. The van der Waals surface area contributed by atoms with Gasteiger partial charge >= 0.3 is 12.1 Å². The lowest BCUT2D eigenvalue weighted by atomic mass is 10.2. The fourth-order valence-electron chi connectivity index (χ4n) is 3.64. The lowest BCUT2D eigenvalue weighted by molar-refractivity contribution is 0.0172. The molecule has 0 spiro atoms. The topological polar surface area (TPSA) is 62.3 Å². The average molecular weight is 444 g/mol. The number of ether oxygens (including phenoxy) is 2. The van der Waals surface area contributed by atoms with Crippen molar-refractivity contribution in [3.05, 3.63) is 53.1 Å². The van der Waals surface area contributed by atoms with E-state index in [4.69, 9.17) is 21.1 Å². The Morgan fingerprint density at radius 1 is 0.968 bits per heavy atom. The van der Waals surface area contributed by atoms with Gasteiger partial charge in [0.1, 0.15) is 11.4 Å². The van der Waals surface area contributed by atoms with E-state index in [2.05, 4.69) is 0 Å². The Balaban J connectivity index is 1.53. The number of hydrogen-bond acceptors (Lipinski definition) is 4. The molecule has 0 aromatic heterocycles. The van der Waals surface area contributed by atoms with Gasteiger partial charge in [0.25, 0.3) is 0 Å². The third-order valence-corrected chi connectivity index (χ3v) is 5.40. The van der Waals surface area contributed by atoms with Crippen LogP contribution in [0, 0.1) is 0 Å². The first-order valence-electron chi connectivity index (χ1n) is 10.3. The second-order valence-electron chi connectivity index (χ2n) is 8.64. The standard InChI is InChI=1S/C23H26ClN3O4/c1-23(2,3)31-22(29)26-12-10-25(11-13-26)21(28)27-15-16-6-4-5-7-19(16)30-20-9-8-17(24)14-18(20)27/h4-9,14H,10-13,15H2,1-3H3. The van der Waals surface area contributed by atoms with Crippen molar-refractivity contribution in [1.82, 2.24) is 9.80 Å². The van der Waals surface area contributed by atoms with Gasteiger partial charge in [-0.05, 0) is 45.0 Å². The summed E-state index contributed by atoms with van der Waals surface area (Å²) in [6.07, 6.45) is -0.353. The second kappa shape index (κ2) is 8.30. The Hall–Kier alpha value is -2.93. The van der Waals surface area contributed by atoms with Crippen LogP contribution in [0.15, 0.2) is 42.5 Å². The molecule has 0 bridgehead atoms. The fraction of sp³-hybridized carbons (Fsp3) is 0.391. The van der Waals surface area contributed by atoms with E-state index in [-0.39, 0.29) is 12.1 Å². The number of anilines is 1. The quantitative estimate of drug-likeness (QED) is 0.566. The predicted molar refractivity (Wildman–Crippen MR) is 119 cm³/mol. The number of carbonyl (C=O) groups is 2. The highest BCUT2D eigenvalue weighted by Crippen LogP contribution is 2.40. The van der Waals surface area contributed by atoms with Gasteiger partial charge in [-0.1, -0.05) is 29.8 Å². The van der Waals surface area contributed by atoms with Crippen molar-refractivity contribution in [3.8, 4) is 11.5 Å². The first kappa shape index (κ1) is 21.3. The number of halogens is 1. The molecule has 0 saturated carbocycles. The summed E-state index contributed by atoms with van der Waals surface area (Å²) in [6, 6.07) is 12.8. The van der Waals surface area contributed by atoms with Gasteiger partial charge in [-0.15, -0.1) is 0 Å². The normalized spacial score (nSPS) is 16.1. The van der Waals surface area contributed by atoms with Gasteiger partial charge < -0.3 is 19.3 Å². The summed E-state index contributed by atoms with van der Waals surface area (Å²) >= 11 is 6.24. The molecule has 2 aromatic carbocycles. The SMILES string of the molecule is CC(C)(C)OC(=O)N1CCN(C(=O)N2Cc3ccccc3Oc3ccc(Cl)cc32)CC1. The number of hydrogen-bond donors (Lipinski definition) is 0. The van der Waals surface area contributed by atoms with Crippen molar-refractivity contribution in [2.75, 3.05) is 31.1 Å². The second-order valence-corrected chi connectivity index (χ2v) is 9.08. The number of para-hydroxylation sites is 1. The van der Waals surface area contributed by atoms with Gasteiger partial charge in [0, 0.05) is 36.8 Å². The zero-order valence-corrected chi connectivity index (χ0v) is 18.7. The summed E-state index contributed by atoms with van der Waals surface area (Å²) in [5.74, 6) is 1.30. The minimum atomic E-state index is -0.549. The molecule has 2 aliphatic rings. The largest absolute Gasteiger partial charge is 0.455 e. The number of urea groups is 1. The van der Waals surface area contributed by atoms with E-state index in [0.29, 0.717) is 49.2 Å². The van der Waals surface area contributed by atoms with E-state index in [1.807, 2.05) is 45.0 Å². The highest BCUT2D eigenvalue weighted by Gasteiger charge is 2.32. The van der Waals surface area contributed by atoms with Crippen molar-refractivity contribution >= 4 is 29.4 Å². The molecule has 2 aliphatic heterocycles. The zero-order chi connectivity index (χ0) is 22.2. The number of piperazine rings is 1. The van der Waals surface area contributed by atoms with E-state index in [0.717, 1.165) is 11.3 Å². The molecule has 164 valence electrons. The summed E-state index contributed by atoms with van der Waals surface area (Å²) in [5, 5.41) is 0.529. The molecule has 8 heteroatoms. The van der Waals surface area contributed by atoms with E-state index in [9.17, 15) is 9.59 Å². The maximum Gasteiger partial charge on any atom is 0.410 e. The first-order valence-corrected chi connectivity index (χ1v) is 10.7. The monoisotopic (exact) mass is 443 g/mol. The van der Waals surface area contributed by atoms with Crippen LogP contribution in [0.25, 0.3) is 0 Å². The van der Waals surface area contributed by atoms with Crippen LogP contribution in [-0.4, -0.2) is 53.7 Å².